The van der Waals surface area contributed by atoms with Gasteiger partial charge in [-0.25, -0.2) is 13.9 Å². The number of carboxylic acid groups (broad SMARTS) is 1. The molecule has 2 rings (SSSR count). The van der Waals surface area contributed by atoms with Crippen LogP contribution in [-0.4, -0.2) is 20.9 Å². The van der Waals surface area contributed by atoms with Crippen molar-refractivity contribution < 1.29 is 14.3 Å². The number of aromatic carboxylic acids is 1. The molecule has 1 aromatic carbocycles. The van der Waals surface area contributed by atoms with Gasteiger partial charge in [-0.3, -0.25) is 0 Å². The van der Waals surface area contributed by atoms with Gasteiger partial charge in [-0.15, -0.1) is 0 Å². The molecule has 1 aromatic heterocycles. The van der Waals surface area contributed by atoms with Crippen molar-refractivity contribution in [3.05, 3.63) is 45.5 Å². The van der Waals surface area contributed by atoms with E-state index in [-0.39, 0.29) is 5.56 Å². The monoisotopic (exact) mass is 332 g/mol. The average molecular weight is 332 g/mol. The number of aromatic nitrogens is 2. The number of carbonyl (C=O) groups is 1. The van der Waals surface area contributed by atoms with Gasteiger partial charge in [0.15, 0.2) is 0 Å². The van der Waals surface area contributed by atoms with Crippen molar-refractivity contribution in [3.63, 3.8) is 0 Å². The Kier molecular flexibility index (Phi) is 2.90. The van der Waals surface area contributed by atoms with Crippen LogP contribution in [0.25, 0.3) is 5.69 Å². The second kappa shape index (κ2) is 4.20. The smallest absolute Gasteiger partial charge is 0.338 e. The molecule has 0 saturated heterocycles. The minimum absolute atomic E-state index is 0.112. The van der Waals surface area contributed by atoms with Crippen LogP contribution in [0.15, 0.2) is 30.6 Å². The summed E-state index contributed by atoms with van der Waals surface area (Å²) >= 11 is 2.06. The summed E-state index contributed by atoms with van der Waals surface area (Å²) in [7, 11) is 0. The Labute approximate surface area is 104 Å². The largest absolute Gasteiger partial charge is 0.478 e. The van der Waals surface area contributed by atoms with Gasteiger partial charge >= 0.3 is 5.97 Å². The minimum Gasteiger partial charge on any atom is -0.478 e. The van der Waals surface area contributed by atoms with Gasteiger partial charge in [0.05, 0.1) is 21.0 Å². The van der Waals surface area contributed by atoms with E-state index in [1.807, 2.05) is 0 Å². The fourth-order valence-corrected chi connectivity index (χ4v) is 1.70. The number of benzene rings is 1. The molecule has 0 bridgehead atoms. The first kappa shape index (κ1) is 11.1. The number of carboxylic acids is 1. The summed E-state index contributed by atoms with van der Waals surface area (Å²) < 4.78 is 15.2. The van der Waals surface area contributed by atoms with Crippen LogP contribution in [0, 0.1) is 9.39 Å². The predicted molar refractivity (Wildman–Crippen MR) is 63.2 cm³/mol. The highest BCUT2D eigenvalue weighted by Gasteiger charge is 2.13. The third kappa shape index (κ3) is 2.06. The topological polar surface area (TPSA) is 55.1 Å². The van der Waals surface area contributed by atoms with Crippen molar-refractivity contribution in [1.29, 1.82) is 0 Å². The highest BCUT2D eigenvalue weighted by atomic mass is 127. The molecular weight excluding hydrogens is 326 g/mol. The normalized spacial score (nSPS) is 10.4. The molecule has 0 fully saturated rings. The molecule has 1 N–H and O–H groups in total. The quantitative estimate of drug-likeness (QED) is 0.859. The van der Waals surface area contributed by atoms with Crippen molar-refractivity contribution in [1.82, 2.24) is 9.78 Å². The van der Waals surface area contributed by atoms with E-state index in [0.717, 1.165) is 9.64 Å². The van der Waals surface area contributed by atoms with E-state index < -0.39 is 11.8 Å². The van der Waals surface area contributed by atoms with Gasteiger partial charge < -0.3 is 5.11 Å². The van der Waals surface area contributed by atoms with Gasteiger partial charge in [0.2, 0.25) is 0 Å². The molecule has 1 heterocycles. The van der Waals surface area contributed by atoms with Crippen LogP contribution in [0.4, 0.5) is 4.39 Å². The van der Waals surface area contributed by atoms with E-state index in [2.05, 4.69) is 27.7 Å². The van der Waals surface area contributed by atoms with Gasteiger partial charge in [-0.05, 0) is 40.8 Å². The summed E-state index contributed by atoms with van der Waals surface area (Å²) in [6.45, 7) is 0. The lowest BCUT2D eigenvalue weighted by atomic mass is 10.2. The molecule has 0 atom stereocenters. The first-order valence-electron chi connectivity index (χ1n) is 4.31. The van der Waals surface area contributed by atoms with Crippen LogP contribution in [-0.2, 0) is 0 Å². The van der Waals surface area contributed by atoms with E-state index in [1.54, 1.807) is 12.4 Å². The lowest BCUT2D eigenvalue weighted by Crippen LogP contribution is -2.06. The second-order valence-corrected chi connectivity index (χ2v) is 4.32. The van der Waals surface area contributed by atoms with Crippen LogP contribution >= 0.6 is 22.6 Å². The van der Waals surface area contributed by atoms with E-state index in [9.17, 15) is 9.18 Å². The lowest BCUT2D eigenvalue weighted by molar-refractivity contribution is 0.0696. The fraction of sp³-hybridized carbons (Fsp3) is 0. The molecule has 0 aliphatic rings. The highest BCUT2D eigenvalue weighted by Crippen LogP contribution is 2.16. The van der Waals surface area contributed by atoms with Gasteiger partial charge in [-0.2, -0.15) is 5.10 Å². The average Bonchev–Trinajstić information content (AvgIpc) is 2.64. The molecule has 0 radical (unpaired) electrons. The SMILES string of the molecule is O=C(O)c1cc(F)ccc1-n1cc(I)cn1. The van der Waals surface area contributed by atoms with Crippen LogP contribution < -0.4 is 0 Å². The van der Waals surface area contributed by atoms with E-state index in [1.165, 1.54) is 16.8 Å². The zero-order valence-electron chi connectivity index (χ0n) is 7.89. The first-order chi connectivity index (χ1) is 7.58. The third-order valence-electron chi connectivity index (χ3n) is 1.99. The molecule has 2 aromatic rings. The second-order valence-electron chi connectivity index (χ2n) is 3.07. The molecule has 0 aliphatic heterocycles. The number of halogens is 2. The van der Waals surface area contributed by atoms with Crippen LogP contribution in [0.2, 0.25) is 0 Å². The van der Waals surface area contributed by atoms with Gasteiger partial charge in [-0.1, -0.05) is 0 Å². The molecule has 6 heteroatoms. The van der Waals surface area contributed by atoms with Crippen molar-refractivity contribution in [3.8, 4) is 5.69 Å². The maximum Gasteiger partial charge on any atom is 0.338 e. The van der Waals surface area contributed by atoms with Crippen LogP contribution in [0.1, 0.15) is 10.4 Å². The van der Waals surface area contributed by atoms with E-state index in [4.69, 9.17) is 5.11 Å². The standard InChI is InChI=1S/C10H6FIN2O2/c11-6-1-2-9(8(3-6)10(15)16)14-5-7(12)4-13-14/h1-5H,(H,15,16). The Morgan fingerprint density at radius 1 is 1.50 bits per heavy atom. The van der Waals surface area contributed by atoms with Crippen LogP contribution in [0.5, 0.6) is 0 Å². The first-order valence-corrected chi connectivity index (χ1v) is 5.39. The zero-order valence-corrected chi connectivity index (χ0v) is 10.1. The predicted octanol–water partition coefficient (Wildman–Crippen LogP) is 2.31. The van der Waals surface area contributed by atoms with Gasteiger partial charge in [0, 0.05) is 6.20 Å². The summed E-state index contributed by atoms with van der Waals surface area (Å²) in [6, 6.07) is 3.57. The van der Waals surface area contributed by atoms with Crippen molar-refractivity contribution in [2.24, 2.45) is 0 Å². The van der Waals surface area contributed by atoms with Crippen molar-refractivity contribution in [2.45, 2.75) is 0 Å². The number of hydrogen-bond donors (Lipinski definition) is 1. The molecule has 0 amide bonds. The van der Waals surface area contributed by atoms with Crippen molar-refractivity contribution in [2.75, 3.05) is 0 Å². The number of hydrogen-bond acceptors (Lipinski definition) is 2. The molecule has 4 nitrogen and oxygen atoms in total. The summed E-state index contributed by atoms with van der Waals surface area (Å²) in [6.07, 6.45) is 3.26. The summed E-state index contributed by atoms with van der Waals surface area (Å²) in [4.78, 5) is 10.9. The molecule has 0 spiro atoms. The summed E-state index contributed by atoms with van der Waals surface area (Å²) in [5, 5.41) is 12.9. The zero-order chi connectivity index (χ0) is 11.7. The maximum absolute atomic E-state index is 12.9. The lowest BCUT2D eigenvalue weighted by Gasteiger charge is -2.05. The third-order valence-corrected chi connectivity index (χ3v) is 2.54. The molecule has 82 valence electrons. The van der Waals surface area contributed by atoms with E-state index >= 15 is 0 Å². The number of nitrogens with zero attached hydrogens (tertiary/aromatic N) is 2. The van der Waals surface area contributed by atoms with Crippen LogP contribution in [0.3, 0.4) is 0 Å². The van der Waals surface area contributed by atoms with Gasteiger partial charge in [0.1, 0.15) is 5.82 Å². The Morgan fingerprint density at radius 3 is 2.81 bits per heavy atom. The Hall–Kier alpha value is -1.44. The van der Waals surface area contributed by atoms with E-state index in [0.29, 0.717) is 5.69 Å². The highest BCUT2D eigenvalue weighted by molar-refractivity contribution is 14.1. The Bertz CT molecular complexity index is 554. The van der Waals surface area contributed by atoms with Crippen molar-refractivity contribution >= 4 is 28.6 Å². The fourth-order valence-electron chi connectivity index (χ4n) is 1.31. The molecule has 0 unspecified atom stereocenters. The minimum atomic E-state index is -1.18. The molecule has 0 aliphatic carbocycles. The summed E-state index contributed by atoms with van der Waals surface area (Å²) in [5.74, 6) is -1.76. The maximum atomic E-state index is 12.9. The summed E-state index contributed by atoms with van der Waals surface area (Å²) in [5.41, 5.74) is 0.233. The number of rotatable bonds is 2. The van der Waals surface area contributed by atoms with Gasteiger partial charge in [0.25, 0.3) is 0 Å². The Morgan fingerprint density at radius 2 is 2.25 bits per heavy atom. The molecule has 0 saturated carbocycles. The Balaban J connectivity index is 2.60. The molecular formula is C10H6FIN2O2. The molecule has 16 heavy (non-hydrogen) atoms.